The average Bonchev–Trinajstić information content (AvgIpc) is 1.25. The molecule has 0 amide bonds. The van der Waals surface area contributed by atoms with E-state index in [1.165, 1.54) is 0 Å². The minimum absolute atomic E-state index is 0. The minimum atomic E-state index is -1.08. The van der Waals surface area contributed by atoms with Crippen molar-refractivity contribution in [2.75, 3.05) is 0 Å². The second-order valence-corrected chi connectivity index (χ2v) is 0.983. The smallest absolute Gasteiger partial charge is 0.0383 e. The van der Waals surface area contributed by atoms with E-state index in [0.29, 0.717) is 0 Å². The van der Waals surface area contributed by atoms with E-state index in [-0.39, 0.29) is 17.1 Å². The molecule has 4 nitrogen and oxygen atoms in total. The fraction of sp³-hybridized carbons (Fsp3) is 0.500. The zero-order chi connectivity index (χ0) is 7.15. The van der Waals surface area contributed by atoms with Crippen LogP contribution in [0, 0.1) is 0 Å². The number of hydrogen-bond acceptors (Lipinski definition) is 4. The molecule has 0 heterocycles. The molecule has 0 aromatic carbocycles. The maximum absolute atomic E-state index is 8.89. The standard InChI is InChI=1S/2C2H4O2.Mn/c2*1-2(3)4;/h2*1H3,(H,3,4);/p-2. The number of aliphatic carboxylic acids is 2. The summed E-state index contributed by atoms with van der Waals surface area (Å²) < 4.78 is 0. The molecule has 0 aromatic heterocycles. The molecule has 0 N–H and O–H groups in total. The van der Waals surface area contributed by atoms with Gasteiger partial charge in [-0.2, -0.15) is 0 Å². The van der Waals surface area contributed by atoms with Gasteiger partial charge in [0.2, 0.25) is 0 Å². The molecule has 1 radical (unpaired) electrons. The minimum Gasteiger partial charge on any atom is -0.550 e. The number of carbonyl (C=O) groups is 2. The predicted molar refractivity (Wildman–Crippen MR) is 21.4 cm³/mol. The van der Waals surface area contributed by atoms with Crippen LogP contribution in [-0.4, -0.2) is 11.9 Å². The van der Waals surface area contributed by atoms with Crippen LogP contribution in [0.2, 0.25) is 0 Å². The van der Waals surface area contributed by atoms with Crippen LogP contribution in [0.4, 0.5) is 0 Å². The van der Waals surface area contributed by atoms with Gasteiger partial charge >= 0.3 is 0 Å². The molecular weight excluding hydrogens is 167 g/mol. The van der Waals surface area contributed by atoms with Gasteiger partial charge in [0.25, 0.3) is 0 Å². The number of carboxylic acid groups (broad SMARTS) is 2. The molecular formula is C4H6MnO4-2. The Labute approximate surface area is 63.3 Å². The van der Waals surface area contributed by atoms with Crippen LogP contribution in [0.5, 0.6) is 0 Å². The molecule has 0 atom stereocenters. The largest absolute Gasteiger partial charge is 0.550 e. The van der Waals surface area contributed by atoms with E-state index < -0.39 is 11.9 Å². The number of carbonyl (C=O) groups excluding carboxylic acids is 2. The van der Waals surface area contributed by atoms with Gasteiger partial charge in [-0.25, -0.2) is 0 Å². The second-order valence-electron chi connectivity index (χ2n) is 0.983. The van der Waals surface area contributed by atoms with Crippen LogP contribution in [0.15, 0.2) is 0 Å². The van der Waals surface area contributed by atoms with Crippen molar-refractivity contribution in [2.45, 2.75) is 13.8 Å². The SMILES string of the molecule is CC(=O)[O-].CC(=O)[O-].[Mn]. The molecule has 0 rings (SSSR count). The van der Waals surface area contributed by atoms with Crippen molar-refractivity contribution in [2.24, 2.45) is 0 Å². The molecule has 0 saturated heterocycles. The summed E-state index contributed by atoms with van der Waals surface area (Å²) in [7, 11) is 0. The van der Waals surface area contributed by atoms with Crippen LogP contribution in [0.1, 0.15) is 13.8 Å². The van der Waals surface area contributed by atoms with Gasteiger partial charge in [-0.3, -0.25) is 0 Å². The molecule has 0 aromatic rings. The summed E-state index contributed by atoms with van der Waals surface area (Å²) in [4.78, 5) is 17.8. The van der Waals surface area contributed by atoms with Gasteiger partial charge in [0, 0.05) is 29.0 Å². The second kappa shape index (κ2) is 10.4. The van der Waals surface area contributed by atoms with Crippen LogP contribution < -0.4 is 10.2 Å². The maximum Gasteiger partial charge on any atom is 0.0383 e. The van der Waals surface area contributed by atoms with Gasteiger partial charge in [0.1, 0.15) is 0 Å². The normalized spacial score (nSPS) is 5.56. The third kappa shape index (κ3) is 761. The third-order valence-corrected chi connectivity index (χ3v) is 0. The number of carboxylic acids is 2. The van der Waals surface area contributed by atoms with Gasteiger partial charge in [-0.1, -0.05) is 0 Å². The Hall–Kier alpha value is -0.541. The van der Waals surface area contributed by atoms with Crippen LogP contribution in [0.3, 0.4) is 0 Å². The van der Waals surface area contributed by atoms with Crippen LogP contribution in [-0.2, 0) is 26.7 Å². The third-order valence-electron chi connectivity index (χ3n) is 0. The van der Waals surface area contributed by atoms with Crippen molar-refractivity contribution in [3.63, 3.8) is 0 Å². The van der Waals surface area contributed by atoms with E-state index in [2.05, 4.69) is 0 Å². The molecule has 5 heteroatoms. The summed E-state index contributed by atoms with van der Waals surface area (Å²) in [5, 5.41) is 17.8. The summed E-state index contributed by atoms with van der Waals surface area (Å²) in [6, 6.07) is 0. The molecule has 0 aliphatic carbocycles. The van der Waals surface area contributed by atoms with Gasteiger partial charge in [0.05, 0.1) is 0 Å². The van der Waals surface area contributed by atoms with E-state index in [4.69, 9.17) is 19.8 Å². The van der Waals surface area contributed by atoms with Gasteiger partial charge in [-0.05, 0) is 13.8 Å². The number of hydrogen-bond donors (Lipinski definition) is 0. The fourth-order valence-corrected chi connectivity index (χ4v) is 0. The maximum atomic E-state index is 8.89. The Bertz CT molecular complexity index is 70.6. The average molecular weight is 173 g/mol. The van der Waals surface area contributed by atoms with E-state index in [9.17, 15) is 0 Å². The van der Waals surface area contributed by atoms with Gasteiger partial charge in [-0.15, -0.1) is 0 Å². The molecule has 0 aliphatic heterocycles. The molecule has 0 unspecified atom stereocenters. The molecule has 9 heavy (non-hydrogen) atoms. The van der Waals surface area contributed by atoms with Crippen molar-refractivity contribution < 1.29 is 36.9 Å². The monoisotopic (exact) mass is 173 g/mol. The molecule has 0 saturated carbocycles. The molecule has 0 bridgehead atoms. The Balaban J connectivity index is -0.0000000720. The predicted octanol–water partition coefficient (Wildman–Crippen LogP) is -2.49. The zero-order valence-electron chi connectivity index (χ0n) is 5.01. The Kier molecular flexibility index (Phi) is 18.3. The van der Waals surface area contributed by atoms with E-state index in [1.807, 2.05) is 0 Å². The van der Waals surface area contributed by atoms with Crippen molar-refractivity contribution in [1.29, 1.82) is 0 Å². The molecule has 0 fully saturated rings. The first-order chi connectivity index (χ1) is 3.46. The molecule has 55 valence electrons. The summed E-state index contributed by atoms with van der Waals surface area (Å²) in [5.41, 5.74) is 0. The number of rotatable bonds is 0. The Morgan fingerprint density at radius 1 is 1.00 bits per heavy atom. The van der Waals surface area contributed by atoms with Gasteiger partial charge < -0.3 is 19.8 Å². The topological polar surface area (TPSA) is 80.3 Å². The first-order valence-electron chi connectivity index (χ1n) is 1.82. The summed E-state index contributed by atoms with van der Waals surface area (Å²) in [6.07, 6.45) is 0. The van der Waals surface area contributed by atoms with E-state index in [0.717, 1.165) is 13.8 Å². The summed E-state index contributed by atoms with van der Waals surface area (Å²) >= 11 is 0. The summed E-state index contributed by atoms with van der Waals surface area (Å²) in [6.45, 7) is 1.94. The van der Waals surface area contributed by atoms with E-state index >= 15 is 0 Å². The quantitative estimate of drug-likeness (QED) is 0.379. The first kappa shape index (κ1) is 15.8. The van der Waals surface area contributed by atoms with Crippen molar-refractivity contribution in [3.8, 4) is 0 Å². The Morgan fingerprint density at radius 2 is 1.00 bits per heavy atom. The Morgan fingerprint density at radius 3 is 1.00 bits per heavy atom. The zero-order valence-corrected chi connectivity index (χ0v) is 6.19. The first-order valence-corrected chi connectivity index (χ1v) is 1.82. The molecule has 0 spiro atoms. The van der Waals surface area contributed by atoms with Crippen molar-refractivity contribution >= 4 is 11.9 Å². The van der Waals surface area contributed by atoms with Crippen molar-refractivity contribution in [1.82, 2.24) is 0 Å². The fourth-order valence-electron chi connectivity index (χ4n) is 0. The van der Waals surface area contributed by atoms with Gasteiger partial charge in [0.15, 0.2) is 0 Å². The van der Waals surface area contributed by atoms with E-state index in [1.54, 1.807) is 0 Å². The summed E-state index contributed by atoms with van der Waals surface area (Å²) in [5.74, 6) is -2.17. The van der Waals surface area contributed by atoms with Crippen LogP contribution >= 0.6 is 0 Å². The van der Waals surface area contributed by atoms with Crippen molar-refractivity contribution in [3.05, 3.63) is 0 Å². The molecule has 0 aliphatic rings. The van der Waals surface area contributed by atoms with Crippen LogP contribution in [0.25, 0.3) is 0 Å².